The number of nitrogens with zero attached hydrogens (tertiary/aromatic N) is 2. The van der Waals surface area contributed by atoms with Crippen molar-refractivity contribution in [1.29, 1.82) is 0 Å². The first-order chi connectivity index (χ1) is 7.91. The van der Waals surface area contributed by atoms with Crippen molar-refractivity contribution < 1.29 is 8.42 Å². The lowest BCUT2D eigenvalue weighted by Gasteiger charge is -2.11. The molecule has 1 heterocycles. The topological polar surface area (TPSA) is 78.1 Å². The Bertz CT molecular complexity index is 465. The Kier molecular flexibility index (Phi) is 4.67. The molecule has 2 N–H and O–H groups in total. The first-order valence-electron chi connectivity index (χ1n) is 5.58. The van der Waals surface area contributed by atoms with Gasteiger partial charge in [-0.25, -0.2) is 12.7 Å². The third-order valence-electron chi connectivity index (χ3n) is 2.49. The number of aryl methyl sites for hydroxylation is 1. The van der Waals surface area contributed by atoms with E-state index in [-0.39, 0.29) is 5.03 Å². The molecule has 0 amide bonds. The minimum atomic E-state index is -3.47. The molecule has 98 valence electrons. The Balaban J connectivity index is 3.02. The summed E-state index contributed by atoms with van der Waals surface area (Å²) in [5, 5.41) is 9.92. The van der Waals surface area contributed by atoms with Crippen molar-refractivity contribution in [3.63, 3.8) is 0 Å². The molecule has 0 bridgehead atoms. The normalized spacial score (nSPS) is 12.3. The molecule has 0 aliphatic rings. The highest BCUT2D eigenvalue weighted by Gasteiger charge is 2.25. The Morgan fingerprint density at radius 3 is 2.59 bits per heavy atom. The fraction of sp³-hybridized carbons (Fsp3) is 0.700. The van der Waals surface area contributed by atoms with Crippen molar-refractivity contribution in [2.75, 3.05) is 20.6 Å². The van der Waals surface area contributed by atoms with Gasteiger partial charge in [0.05, 0.1) is 0 Å². The highest BCUT2D eigenvalue weighted by Crippen LogP contribution is 2.18. The van der Waals surface area contributed by atoms with E-state index in [0.29, 0.717) is 12.1 Å². The van der Waals surface area contributed by atoms with Gasteiger partial charge >= 0.3 is 0 Å². The number of nitrogens with one attached hydrogen (secondary N) is 2. The summed E-state index contributed by atoms with van der Waals surface area (Å²) in [6.45, 7) is 5.25. The second kappa shape index (κ2) is 5.61. The van der Waals surface area contributed by atoms with Crippen molar-refractivity contribution in [3.05, 3.63) is 11.3 Å². The lowest BCUT2D eigenvalue weighted by atomic mass is 10.2. The van der Waals surface area contributed by atoms with Gasteiger partial charge in [0.15, 0.2) is 5.03 Å². The molecule has 0 atom stereocenters. The van der Waals surface area contributed by atoms with E-state index in [0.717, 1.165) is 18.7 Å². The van der Waals surface area contributed by atoms with Crippen LogP contribution in [-0.4, -0.2) is 43.6 Å². The fourth-order valence-electron chi connectivity index (χ4n) is 1.41. The number of rotatable bonds is 6. The van der Waals surface area contributed by atoms with Gasteiger partial charge in [0.25, 0.3) is 10.0 Å². The van der Waals surface area contributed by atoms with Crippen LogP contribution in [0.5, 0.6) is 0 Å². The molecule has 1 aromatic heterocycles. The van der Waals surface area contributed by atoms with E-state index in [1.165, 1.54) is 18.4 Å². The van der Waals surface area contributed by atoms with E-state index in [9.17, 15) is 8.42 Å². The second-order valence-corrected chi connectivity index (χ2v) is 6.16. The molecular weight excluding hydrogens is 240 g/mol. The Morgan fingerprint density at radius 1 is 1.41 bits per heavy atom. The van der Waals surface area contributed by atoms with Gasteiger partial charge in [-0.2, -0.15) is 5.10 Å². The molecule has 0 saturated carbocycles. The molecular formula is C10H20N4O2S. The van der Waals surface area contributed by atoms with E-state index < -0.39 is 10.0 Å². The van der Waals surface area contributed by atoms with Gasteiger partial charge in [-0.1, -0.05) is 6.92 Å². The standard InChI is InChI=1S/C10H20N4O2S/c1-5-6-11-7-9-8(2)12-13-10(9)17(15,16)14(3)4/h11H,5-7H2,1-4H3,(H,12,13). The van der Waals surface area contributed by atoms with E-state index in [4.69, 9.17) is 0 Å². The number of hydrogen-bond acceptors (Lipinski definition) is 4. The average Bonchev–Trinajstić information content (AvgIpc) is 2.61. The molecule has 0 saturated heterocycles. The minimum absolute atomic E-state index is 0.114. The monoisotopic (exact) mass is 260 g/mol. The summed E-state index contributed by atoms with van der Waals surface area (Å²) in [4.78, 5) is 0. The molecule has 0 aliphatic heterocycles. The first kappa shape index (κ1) is 14.1. The zero-order valence-corrected chi connectivity index (χ0v) is 11.6. The molecule has 6 nitrogen and oxygen atoms in total. The maximum absolute atomic E-state index is 12.0. The smallest absolute Gasteiger partial charge is 0.262 e. The zero-order valence-electron chi connectivity index (χ0n) is 10.7. The summed E-state index contributed by atoms with van der Waals surface area (Å²) >= 11 is 0. The van der Waals surface area contributed by atoms with Crippen molar-refractivity contribution in [2.24, 2.45) is 0 Å². The van der Waals surface area contributed by atoms with Crippen LogP contribution in [0.1, 0.15) is 24.6 Å². The fourth-order valence-corrected chi connectivity index (χ4v) is 2.46. The van der Waals surface area contributed by atoms with Crippen molar-refractivity contribution in [1.82, 2.24) is 19.8 Å². The van der Waals surface area contributed by atoms with Gasteiger partial charge < -0.3 is 5.32 Å². The van der Waals surface area contributed by atoms with Crippen LogP contribution in [0.25, 0.3) is 0 Å². The predicted molar refractivity (Wildman–Crippen MR) is 66.2 cm³/mol. The van der Waals surface area contributed by atoms with Crippen molar-refractivity contribution in [2.45, 2.75) is 31.8 Å². The van der Waals surface area contributed by atoms with Crippen molar-refractivity contribution in [3.8, 4) is 0 Å². The van der Waals surface area contributed by atoms with Crippen LogP contribution in [0.4, 0.5) is 0 Å². The van der Waals surface area contributed by atoms with Gasteiger partial charge in [-0.3, -0.25) is 5.10 Å². The molecule has 17 heavy (non-hydrogen) atoms. The van der Waals surface area contributed by atoms with Crippen molar-refractivity contribution >= 4 is 10.0 Å². The van der Waals surface area contributed by atoms with Gasteiger partial charge in [-0.15, -0.1) is 0 Å². The second-order valence-electron chi connectivity index (χ2n) is 4.10. The third kappa shape index (κ3) is 3.05. The summed E-state index contributed by atoms with van der Waals surface area (Å²) in [6, 6.07) is 0. The van der Waals surface area contributed by atoms with E-state index in [1.54, 1.807) is 0 Å². The molecule has 0 aromatic carbocycles. The average molecular weight is 260 g/mol. The molecule has 0 aliphatic carbocycles. The Morgan fingerprint density at radius 2 is 2.06 bits per heavy atom. The molecule has 0 radical (unpaired) electrons. The summed E-state index contributed by atoms with van der Waals surface area (Å²) in [5.74, 6) is 0. The quantitative estimate of drug-likeness (QED) is 0.729. The van der Waals surface area contributed by atoms with Gasteiger partial charge in [0, 0.05) is 31.9 Å². The van der Waals surface area contributed by atoms with E-state index >= 15 is 0 Å². The lowest BCUT2D eigenvalue weighted by molar-refractivity contribution is 0.514. The number of hydrogen-bond donors (Lipinski definition) is 2. The Hall–Kier alpha value is -0.920. The Labute approximate surface area is 102 Å². The SMILES string of the molecule is CCCNCc1c(S(=O)(=O)N(C)C)n[nH]c1C. The summed E-state index contributed by atoms with van der Waals surface area (Å²) in [6.07, 6.45) is 1.01. The van der Waals surface area contributed by atoms with E-state index in [2.05, 4.69) is 22.4 Å². The van der Waals surface area contributed by atoms with Gasteiger partial charge in [0.1, 0.15) is 0 Å². The number of aromatic amines is 1. The maximum Gasteiger partial charge on any atom is 0.262 e. The molecule has 0 spiro atoms. The lowest BCUT2D eigenvalue weighted by Crippen LogP contribution is -2.25. The maximum atomic E-state index is 12.0. The van der Waals surface area contributed by atoms with Crippen LogP contribution in [0.2, 0.25) is 0 Å². The van der Waals surface area contributed by atoms with Gasteiger partial charge in [0.2, 0.25) is 0 Å². The van der Waals surface area contributed by atoms with Crippen LogP contribution in [-0.2, 0) is 16.6 Å². The predicted octanol–water partition coefficient (Wildman–Crippen LogP) is 0.468. The summed E-state index contributed by atoms with van der Waals surface area (Å²) in [7, 11) is -0.468. The summed E-state index contributed by atoms with van der Waals surface area (Å²) in [5.41, 5.74) is 1.50. The molecule has 0 unspecified atom stereocenters. The number of sulfonamides is 1. The number of aromatic nitrogens is 2. The van der Waals surface area contributed by atoms with Crippen LogP contribution in [0.3, 0.4) is 0 Å². The summed E-state index contributed by atoms with van der Waals surface area (Å²) < 4.78 is 25.2. The minimum Gasteiger partial charge on any atom is -0.313 e. The van der Waals surface area contributed by atoms with E-state index in [1.807, 2.05) is 6.92 Å². The number of H-pyrrole nitrogens is 1. The third-order valence-corrected chi connectivity index (χ3v) is 4.28. The molecule has 1 aromatic rings. The largest absolute Gasteiger partial charge is 0.313 e. The highest BCUT2D eigenvalue weighted by atomic mass is 32.2. The zero-order chi connectivity index (χ0) is 13.1. The first-order valence-corrected chi connectivity index (χ1v) is 7.02. The molecule has 1 rings (SSSR count). The highest BCUT2D eigenvalue weighted by molar-refractivity contribution is 7.89. The van der Waals surface area contributed by atoms with Crippen LogP contribution < -0.4 is 5.32 Å². The van der Waals surface area contributed by atoms with Crippen LogP contribution >= 0.6 is 0 Å². The molecule has 0 fully saturated rings. The van der Waals surface area contributed by atoms with Gasteiger partial charge in [-0.05, 0) is 19.9 Å². The van der Waals surface area contributed by atoms with Crippen LogP contribution in [0, 0.1) is 6.92 Å². The van der Waals surface area contributed by atoms with Crippen LogP contribution in [0.15, 0.2) is 5.03 Å². The molecule has 7 heteroatoms.